The summed E-state index contributed by atoms with van der Waals surface area (Å²) >= 11 is 0. The summed E-state index contributed by atoms with van der Waals surface area (Å²) in [6, 6.07) is 0. The molecule has 0 unspecified atom stereocenters. The van der Waals surface area contributed by atoms with Crippen LogP contribution >= 0.6 is 0 Å². The van der Waals surface area contributed by atoms with Crippen molar-refractivity contribution in [2.75, 3.05) is 0 Å². The minimum absolute atomic E-state index is 0. The van der Waals surface area contributed by atoms with Gasteiger partial charge in [-0.15, -0.1) is 24.3 Å². The van der Waals surface area contributed by atoms with Gasteiger partial charge in [0.25, 0.3) is 0 Å². The van der Waals surface area contributed by atoms with Crippen LogP contribution in [0.3, 0.4) is 0 Å². The molecule has 2 aliphatic carbocycles. The topological polar surface area (TPSA) is 0 Å². The van der Waals surface area contributed by atoms with Crippen molar-refractivity contribution in [1.82, 2.24) is 0 Å². The van der Waals surface area contributed by atoms with E-state index in [1.54, 1.807) is 0 Å². The van der Waals surface area contributed by atoms with E-state index in [9.17, 15) is 0 Å². The Bertz CT molecular complexity index is 233. The Morgan fingerprint density at radius 2 is 1.07 bits per heavy atom. The van der Waals surface area contributed by atoms with Gasteiger partial charge in [0, 0.05) is 0 Å². The van der Waals surface area contributed by atoms with Gasteiger partial charge in [-0.3, -0.25) is 11.8 Å². The van der Waals surface area contributed by atoms with E-state index in [1.165, 1.54) is 11.8 Å². The van der Waals surface area contributed by atoms with Crippen LogP contribution in [0, 0.1) is 11.8 Å². The molecule has 2 heteroatoms. The fourth-order valence-corrected chi connectivity index (χ4v) is 1.50. The van der Waals surface area contributed by atoms with Crippen molar-refractivity contribution < 1.29 is 138 Å². The average molecular weight is 422 g/mol. The number of hydrogen-bond donors (Lipinski definition) is 0. The molecule has 0 aromatic rings. The first-order valence-electron chi connectivity index (χ1n) is 4.35. The molecule has 0 heterocycles. The molecule has 0 nitrogen and oxygen atoms in total. The Morgan fingerprint density at radius 1 is 0.643 bits per heavy atom. The molecule has 0 aromatic heterocycles. The maximum atomic E-state index is 2.21. The molecule has 0 saturated heterocycles. The molecule has 0 amide bonds. The molecule has 0 N–H and O–H groups in total. The van der Waals surface area contributed by atoms with Crippen molar-refractivity contribution in [3.05, 3.63) is 60.4 Å². The van der Waals surface area contributed by atoms with Crippen LogP contribution in [0.4, 0.5) is 0 Å². The fourth-order valence-electron chi connectivity index (χ4n) is 1.50. The molecule has 0 bridgehead atoms. The van der Waals surface area contributed by atoms with Crippen LogP contribution in [0.1, 0.15) is 12.8 Å². The minimum atomic E-state index is 0. The van der Waals surface area contributed by atoms with Crippen LogP contribution in [0.2, 0.25) is 0 Å². The van der Waals surface area contributed by atoms with E-state index in [1.807, 2.05) is 0 Å². The van der Waals surface area contributed by atoms with Gasteiger partial charge in [-0.25, -0.2) is 24.3 Å². The van der Waals surface area contributed by atoms with E-state index >= 15 is 0 Å². The maximum absolute atomic E-state index is 2.21. The van der Waals surface area contributed by atoms with Crippen LogP contribution < -0.4 is 138 Å². The molecule has 0 saturated carbocycles. The summed E-state index contributed by atoms with van der Waals surface area (Å²) in [6.45, 7) is 0. The third-order valence-electron chi connectivity index (χ3n) is 2.18. The maximum Gasteiger partial charge on any atom is 1.00 e. The smallest absolute Gasteiger partial charge is 0.271 e. The Labute approximate surface area is 205 Å². The van der Waals surface area contributed by atoms with Gasteiger partial charge < -0.3 is 0 Å². The summed E-state index contributed by atoms with van der Waals surface area (Å²) in [7, 11) is 0. The van der Waals surface area contributed by atoms with Crippen LogP contribution in [-0.4, -0.2) is 0 Å². The molecule has 0 atom stereocenters. The van der Waals surface area contributed by atoms with Gasteiger partial charge in [0.2, 0.25) is 0 Å². The first-order chi connectivity index (χ1) is 5.97. The predicted molar refractivity (Wildman–Crippen MR) is 52.3 cm³/mol. The molecule has 0 aromatic carbocycles. The van der Waals surface area contributed by atoms with Crippen LogP contribution in [0.5, 0.6) is 0 Å². The SMILES string of the molecule is C1=CC[C-]([C-]2C=CC=CC2)C=C1.[Cs+].[Cs+]. The van der Waals surface area contributed by atoms with E-state index in [-0.39, 0.29) is 138 Å². The van der Waals surface area contributed by atoms with E-state index in [2.05, 4.69) is 48.6 Å². The Balaban J connectivity index is 0.000000845. The first-order valence-corrected chi connectivity index (χ1v) is 4.35. The molecule has 2 aliphatic rings. The van der Waals surface area contributed by atoms with Crippen LogP contribution in [0.25, 0.3) is 0 Å². The van der Waals surface area contributed by atoms with E-state index in [4.69, 9.17) is 0 Å². The Kier molecular flexibility index (Phi) is 11.8. The Morgan fingerprint density at radius 3 is 1.36 bits per heavy atom. The minimum Gasteiger partial charge on any atom is -0.271 e. The van der Waals surface area contributed by atoms with E-state index in [0.29, 0.717) is 0 Å². The van der Waals surface area contributed by atoms with Crippen molar-refractivity contribution in [3.8, 4) is 0 Å². The Hall–Kier alpha value is 2.80. The van der Waals surface area contributed by atoms with E-state index in [0.717, 1.165) is 12.8 Å². The third kappa shape index (κ3) is 5.42. The van der Waals surface area contributed by atoms with E-state index < -0.39 is 0 Å². The standard InChI is InChI=1S/C12H12.2Cs/c1-3-7-11(8-4-1)12-9-5-2-6-10-12;;/h1-7,9H,8,10H2;;/q-2;2*+1. The van der Waals surface area contributed by atoms with Gasteiger partial charge in [0.15, 0.2) is 0 Å². The van der Waals surface area contributed by atoms with Crippen molar-refractivity contribution in [2.24, 2.45) is 0 Å². The largest absolute Gasteiger partial charge is 1.00 e. The number of hydrogen-bond acceptors (Lipinski definition) is 0. The number of allylic oxidation sites excluding steroid dienone is 8. The second kappa shape index (κ2) is 9.80. The monoisotopic (exact) mass is 422 g/mol. The molecule has 0 spiro atoms. The van der Waals surface area contributed by atoms with Crippen molar-refractivity contribution in [3.63, 3.8) is 0 Å². The van der Waals surface area contributed by atoms with Crippen molar-refractivity contribution in [1.29, 1.82) is 0 Å². The summed E-state index contributed by atoms with van der Waals surface area (Å²) in [4.78, 5) is 0. The summed E-state index contributed by atoms with van der Waals surface area (Å²) in [5.74, 6) is 2.91. The zero-order chi connectivity index (χ0) is 8.23. The van der Waals surface area contributed by atoms with Gasteiger partial charge in [-0.1, -0.05) is 12.8 Å². The molecule has 14 heavy (non-hydrogen) atoms. The number of rotatable bonds is 1. The van der Waals surface area contributed by atoms with Gasteiger partial charge in [0.1, 0.15) is 0 Å². The fraction of sp³-hybridized carbons (Fsp3) is 0.167. The van der Waals surface area contributed by atoms with Crippen molar-refractivity contribution in [2.45, 2.75) is 12.8 Å². The molecular formula is C12H12Cs2. The normalized spacial score (nSPS) is 17.7. The predicted octanol–water partition coefficient (Wildman–Crippen LogP) is -2.82. The summed E-state index contributed by atoms with van der Waals surface area (Å²) in [5, 5.41) is 0. The summed E-state index contributed by atoms with van der Waals surface area (Å²) < 4.78 is 0. The summed E-state index contributed by atoms with van der Waals surface area (Å²) in [6.07, 6.45) is 19.4. The molecular weight excluding hydrogens is 410 g/mol. The molecule has 0 aliphatic heterocycles. The van der Waals surface area contributed by atoms with Gasteiger partial charge >= 0.3 is 138 Å². The zero-order valence-corrected chi connectivity index (χ0v) is 21.6. The molecule has 2 rings (SSSR count). The average Bonchev–Trinajstić information content (AvgIpc) is 2.21. The second-order valence-electron chi connectivity index (χ2n) is 3.03. The quantitative estimate of drug-likeness (QED) is 0.401. The molecule has 0 radical (unpaired) electrons. The first kappa shape index (κ1) is 16.8. The molecule has 62 valence electrons. The van der Waals surface area contributed by atoms with Gasteiger partial charge in [0.05, 0.1) is 0 Å². The third-order valence-corrected chi connectivity index (χ3v) is 2.18. The van der Waals surface area contributed by atoms with Crippen LogP contribution in [-0.2, 0) is 0 Å². The second-order valence-corrected chi connectivity index (χ2v) is 3.03. The van der Waals surface area contributed by atoms with Crippen molar-refractivity contribution >= 4 is 0 Å². The zero-order valence-electron chi connectivity index (χ0n) is 9.03. The van der Waals surface area contributed by atoms with Gasteiger partial charge in [-0.2, -0.15) is 0 Å². The van der Waals surface area contributed by atoms with Crippen LogP contribution in [0.15, 0.2) is 48.6 Å². The summed E-state index contributed by atoms with van der Waals surface area (Å²) in [5.41, 5.74) is 0. The van der Waals surface area contributed by atoms with Gasteiger partial charge in [-0.05, 0) is 0 Å². The molecule has 0 fully saturated rings.